The monoisotopic (exact) mass is 351 g/mol. The van der Waals surface area contributed by atoms with Crippen molar-refractivity contribution in [2.45, 2.75) is 24.9 Å². The maximum Gasteiger partial charge on any atom is 0.119 e. The number of allylic oxidation sites excluding steroid dienone is 1. The van der Waals surface area contributed by atoms with Crippen LogP contribution in [0, 0.1) is 5.92 Å². The third kappa shape index (κ3) is 4.17. The second-order valence-electron chi connectivity index (χ2n) is 7.53. The molecule has 1 saturated carbocycles. The highest BCUT2D eigenvalue weighted by molar-refractivity contribution is 5.53. The number of methoxy groups -OCH3 is 1. The molecular weight excluding hydrogens is 322 g/mol. The second-order valence-corrected chi connectivity index (χ2v) is 7.53. The van der Waals surface area contributed by atoms with E-state index in [1.807, 2.05) is 30.3 Å². The van der Waals surface area contributed by atoms with Crippen molar-refractivity contribution in [3.05, 3.63) is 71.3 Å². The van der Waals surface area contributed by atoms with Crippen LogP contribution in [0.2, 0.25) is 0 Å². The van der Waals surface area contributed by atoms with Crippen LogP contribution in [0.3, 0.4) is 0 Å². The summed E-state index contributed by atoms with van der Waals surface area (Å²) in [6.45, 7) is 0.847. The van der Waals surface area contributed by atoms with E-state index in [9.17, 15) is 5.11 Å². The first kappa shape index (κ1) is 18.7. The lowest BCUT2D eigenvalue weighted by Crippen LogP contribution is -2.43. The molecule has 1 fully saturated rings. The Morgan fingerprint density at radius 2 is 1.92 bits per heavy atom. The van der Waals surface area contributed by atoms with E-state index >= 15 is 0 Å². The van der Waals surface area contributed by atoms with Crippen LogP contribution in [-0.2, 0) is 5.60 Å². The van der Waals surface area contributed by atoms with Crippen LogP contribution in [-0.4, -0.2) is 37.8 Å². The maximum absolute atomic E-state index is 11.6. The molecule has 3 rings (SSSR count). The van der Waals surface area contributed by atoms with E-state index in [2.05, 4.69) is 49.3 Å². The van der Waals surface area contributed by atoms with Crippen molar-refractivity contribution in [2.24, 2.45) is 5.92 Å². The minimum absolute atomic E-state index is 0.147. The van der Waals surface area contributed by atoms with Crippen LogP contribution in [0.15, 0.2) is 60.2 Å². The zero-order chi connectivity index (χ0) is 18.6. The minimum atomic E-state index is -0.827. The van der Waals surface area contributed by atoms with Crippen molar-refractivity contribution in [1.82, 2.24) is 4.90 Å². The zero-order valence-corrected chi connectivity index (χ0v) is 16.0. The van der Waals surface area contributed by atoms with Crippen LogP contribution in [0.1, 0.15) is 30.4 Å². The average molecular weight is 351 g/mol. The highest BCUT2D eigenvalue weighted by Crippen LogP contribution is 2.45. The van der Waals surface area contributed by atoms with Gasteiger partial charge < -0.3 is 14.7 Å². The maximum atomic E-state index is 11.6. The Kier molecular flexibility index (Phi) is 5.80. The summed E-state index contributed by atoms with van der Waals surface area (Å²) < 4.78 is 5.37. The first-order valence-corrected chi connectivity index (χ1v) is 9.27. The van der Waals surface area contributed by atoms with Gasteiger partial charge in [0, 0.05) is 12.5 Å². The van der Waals surface area contributed by atoms with E-state index in [4.69, 9.17) is 4.74 Å². The molecule has 2 aromatic rings. The van der Waals surface area contributed by atoms with Gasteiger partial charge in [-0.1, -0.05) is 54.1 Å². The van der Waals surface area contributed by atoms with E-state index < -0.39 is 5.60 Å². The lowest BCUT2D eigenvalue weighted by atomic mass is 9.69. The van der Waals surface area contributed by atoms with E-state index in [-0.39, 0.29) is 5.92 Å². The highest BCUT2D eigenvalue weighted by Gasteiger charge is 2.42. The number of hydrogen-bond acceptors (Lipinski definition) is 3. The standard InChI is InChI=1S/C23H29NO2/c1-24(2)17-21-15-19(14-18-8-5-4-6-9-18)12-13-23(21,25)20-10-7-11-22(16-20)26-3/h4-11,14,16,21,25H,12-13,15,17H2,1-3H3/b19-14+. The molecule has 26 heavy (non-hydrogen) atoms. The van der Waals surface area contributed by atoms with Crippen LogP contribution < -0.4 is 4.74 Å². The topological polar surface area (TPSA) is 32.7 Å². The Labute approximate surface area is 156 Å². The summed E-state index contributed by atoms with van der Waals surface area (Å²) in [6, 6.07) is 18.3. The first-order valence-electron chi connectivity index (χ1n) is 9.27. The van der Waals surface area contributed by atoms with Crippen molar-refractivity contribution < 1.29 is 9.84 Å². The molecule has 2 atom stereocenters. The summed E-state index contributed by atoms with van der Waals surface area (Å²) in [4.78, 5) is 2.17. The summed E-state index contributed by atoms with van der Waals surface area (Å²) >= 11 is 0. The lowest BCUT2D eigenvalue weighted by molar-refractivity contribution is -0.0509. The molecule has 0 saturated heterocycles. The van der Waals surface area contributed by atoms with Crippen LogP contribution in [0.25, 0.3) is 6.08 Å². The molecule has 0 aliphatic heterocycles. The van der Waals surface area contributed by atoms with Gasteiger partial charge in [-0.3, -0.25) is 0 Å². The van der Waals surface area contributed by atoms with Gasteiger partial charge in [-0.15, -0.1) is 0 Å². The molecular formula is C23H29NO2. The molecule has 1 aliphatic rings. The lowest BCUT2D eigenvalue weighted by Gasteiger charge is -2.42. The summed E-state index contributed by atoms with van der Waals surface area (Å²) in [6.07, 6.45) is 4.83. The normalized spacial score (nSPS) is 24.8. The number of hydrogen-bond donors (Lipinski definition) is 1. The molecule has 0 bridgehead atoms. The van der Waals surface area contributed by atoms with Crippen molar-refractivity contribution in [1.29, 1.82) is 0 Å². The minimum Gasteiger partial charge on any atom is -0.497 e. The molecule has 0 radical (unpaired) electrons. The number of benzene rings is 2. The average Bonchev–Trinajstić information content (AvgIpc) is 2.65. The number of rotatable bonds is 5. The molecule has 2 aromatic carbocycles. The fraction of sp³-hybridized carbons (Fsp3) is 0.391. The summed E-state index contributed by atoms with van der Waals surface area (Å²) in [7, 11) is 5.81. The molecule has 1 aliphatic carbocycles. The molecule has 0 amide bonds. The van der Waals surface area contributed by atoms with Gasteiger partial charge in [0.05, 0.1) is 12.7 Å². The Bertz CT molecular complexity index is 754. The first-order chi connectivity index (χ1) is 12.5. The van der Waals surface area contributed by atoms with Crippen molar-refractivity contribution >= 4 is 6.08 Å². The van der Waals surface area contributed by atoms with Gasteiger partial charge >= 0.3 is 0 Å². The van der Waals surface area contributed by atoms with Crippen LogP contribution in [0.5, 0.6) is 5.75 Å². The van der Waals surface area contributed by atoms with Crippen molar-refractivity contribution in [2.75, 3.05) is 27.7 Å². The van der Waals surface area contributed by atoms with Gasteiger partial charge in [-0.2, -0.15) is 0 Å². The molecule has 3 nitrogen and oxygen atoms in total. The second kappa shape index (κ2) is 8.07. The fourth-order valence-corrected chi connectivity index (χ4v) is 3.99. The Morgan fingerprint density at radius 3 is 2.62 bits per heavy atom. The van der Waals surface area contributed by atoms with Gasteiger partial charge in [-0.05, 0) is 56.6 Å². The van der Waals surface area contributed by atoms with E-state index in [0.717, 1.165) is 37.1 Å². The van der Waals surface area contributed by atoms with Crippen LogP contribution >= 0.6 is 0 Å². The molecule has 2 unspecified atom stereocenters. The summed E-state index contributed by atoms with van der Waals surface area (Å²) in [5, 5.41) is 11.6. The van der Waals surface area contributed by atoms with Crippen molar-refractivity contribution in [3.8, 4) is 5.75 Å². The third-order valence-corrected chi connectivity index (χ3v) is 5.34. The zero-order valence-electron chi connectivity index (χ0n) is 16.0. The third-order valence-electron chi connectivity index (χ3n) is 5.34. The molecule has 138 valence electrons. The SMILES string of the molecule is COc1cccc(C2(O)CC/C(=C\c3ccccc3)CC2CN(C)C)c1. The quantitative estimate of drug-likeness (QED) is 0.870. The van der Waals surface area contributed by atoms with Gasteiger partial charge in [0.15, 0.2) is 0 Å². The largest absolute Gasteiger partial charge is 0.497 e. The predicted octanol–water partition coefficient (Wildman–Crippen LogP) is 4.33. The number of nitrogens with zero attached hydrogens (tertiary/aromatic N) is 1. The van der Waals surface area contributed by atoms with E-state index in [1.54, 1.807) is 7.11 Å². The Hall–Kier alpha value is -2.10. The summed E-state index contributed by atoms with van der Waals surface area (Å²) in [5.41, 5.74) is 2.78. The van der Waals surface area contributed by atoms with Crippen LogP contribution in [0.4, 0.5) is 0 Å². The van der Waals surface area contributed by atoms with Gasteiger partial charge in [0.2, 0.25) is 0 Å². The molecule has 3 heteroatoms. The number of ether oxygens (including phenoxy) is 1. The summed E-state index contributed by atoms with van der Waals surface area (Å²) in [5.74, 6) is 0.943. The fourth-order valence-electron chi connectivity index (χ4n) is 3.99. The van der Waals surface area contributed by atoms with E-state index in [0.29, 0.717) is 0 Å². The van der Waals surface area contributed by atoms with Crippen molar-refractivity contribution in [3.63, 3.8) is 0 Å². The highest BCUT2D eigenvalue weighted by atomic mass is 16.5. The van der Waals surface area contributed by atoms with Gasteiger partial charge in [0.25, 0.3) is 0 Å². The Morgan fingerprint density at radius 1 is 1.15 bits per heavy atom. The smallest absolute Gasteiger partial charge is 0.119 e. The van der Waals surface area contributed by atoms with E-state index in [1.165, 1.54) is 11.1 Å². The Balaban J connectivity index is 1.90. The molecule has 0 aromatic heterocycles. The molecule has 0 spiro atoms. The van der Waals surface area contributed by atoms with Gasteiger partial charge in [0.1, 0.15) is 5.75 Å². The number of aliphatic hydroxyl groups is 1. The predicted molar refractivity (Wildman–Crippen MR) is 107 cm³/mol. The molecule has 1 N–H and O–H groups in total. The van der Waals surface area contributed by atoms with Gasteiger partial charge in [-0.25, -0.2) is 0 Å². The molecule has 0 heterocycles.